The van der Waals surface area contributed by atoms with Crippen molar-refractivity contribution >= 4 is 12.4 Å². The predicted octanol–water partition coefficient (Wildman–Crippen LogP) is 4.74. The highest BCUT2D eigenvalue weighted by Gasteiger charge is 2.56. The molecule has 0 radical (unpaired) electrons. The van der Waals surface area contributed by atoms with Gasteiger partial charge in [0.05, 0.1) is 5.60 Å². The Morgan fingerprint density at radius 1 is 1.04 bits per heavy atom. The fourth-order valence-electron chi connectivity index (χ4n) is 8.20. The Morgan fingerprint density at radius 3 is 2.32 bits per heavy atom. The van der Waals surface area contributed by atoms with Crippen molar-refractivity contribution in [2.75, 3.05) is 19.6 Å². The van der Waals surface area contributed by atoms with Gasteiger partial charge in [0.15, 0.2) is 0 Å². The zero-order chi connectivity index (χ0) is 16.7. The molecule has 0 aromatic carbocycles. The van der Waals surface area contributed by atoms with Crippen LogP contribution in [0.1, 0.15) is 72.1 Å². The molecule has 5 aliphatic carbocycles. The summed E-state index contributed by atoms with van der Waals surface area (Å²) >= 11 is 0. The van der Waals surface area contributed by atoms with Crippen LogP contribution in [-0.4, -0.2) is 35.2 Å². The first kappa shape index (κ1) is 18.6. The molecule has 0 aromatic heterocycles. The molecule has 25 heavy (non-hydrogen) atoms. The number of nitrogens with zero attached hydrogens (tertiary/aromatic N) is 1. The molecule has 0 amide bonds. The van der Waals surface area contributed by atoms with Gasteiger partial charge >= 0.3 is 0 Å². The van der Waals surface area contributed by atoms with E-state index in [1.807, 2.05) is 0 Å². The Hall–Kier alpha value is 0.210. The van der Waals surface area contributed by atoms with Crippen LogP contribution in [0, 0.1) is 40.4 Å². The van der Waals surface area contributed by atoms with Crippen LogP contribution in [0.3, 0.4) is 0 Å². The highest BCUT2D eigenvalue weighted by molar-refractivity contribution is 5.85. The second-order valence-electron chi connectivity index (χ2n) is 11.4. The molecule has 1 aliphatic heterocycles. The van der Waals surface area contributed by atoms with Crippen LogP contribution in [-0.2, 0) is 0 Å². The summed E-state index contributed by atoms with van der Waals surface area (Å²) in [4.78, 5) is 2.82. The molecule has 6 bridgehead atoms. The molecular formula is C22H38ClNO. The van der Waals surface area contributed by atoms with Crippen LogP contribution in [0.5, 0.6) is 0 Å². The van der Waals surface area contributed by atoms with Gasteiger partial charge in [-0.05, 0) is 98.3 Å². The number of rotatable bonds is 3. The van der Waals surface area contributed by atoms with Crippen LogP contribution in [0.4, 0.5) is 0 Å². The molecule has 1 N–H and O–H groups in total. The Kier molecular flexibility index (Phi) is 4.35. The van der Waals surface area contributed by atoms with E-state index in [0.29, 0.717) is 10.8 Å². The van der Waals surface area contributed by atoms with Crippen LogP contribution < -0.4 is 0 Å². The molecule has 1 heterocycles. The van der Waals surface area contributed by atoms with E-state index < -0.39 is 0 Å². The summed E-state index contributed by atoms with van der Waals surface area (Å²) in [6, 6.07) is 0. The Bertz CT molecular complexity index is 518. The smallest absolute Gasteiger partial charge is 0.0656 e. The summed E-state index contributed by atoms with van der Waals surface area (Å²) in [6.07, 6.45) is 10.5. The monoisotopic (exact) mass is 367 g/mol. The highest BCUT2D eigenvalue weighted by atomic mass is 35.5. The Morgan fingerprint density at radius 2 is 1.72 bits per heavy atom. The average molecular weight is 368 g/mol. The van der Waals surface area contributed by atoms with E-state index in [2.05, 4.69) is 25.7 Å². The molecule has 6 fully saturated rings. The number of hydrogen-bond acceptors (Lipinski definition) is 2. The molecular weight excluding hydrogens is 330 g/mol. The summed E-state index contributed by atoms with van der Waals surface area (Å²) < 4.78 is 0. The van der Waals surface area contributed by atoms with Crippen LogP contribution >= 0.6 is 12.4 Å². The van der Waals surface area contributed by atoms with E-state index in [0.717, 1.165) is 48.9 Å². The normalized spacial score (nSPS) is 53.0. The van der Waals surface area contributed by atoms with Crippen molar-refractivity contribution in [3.63, 3.8) is 0 Å². The third-order valence-electron chi connectivity index (χ3n) is 9.89. The lowest BCUT2D eigenvalue weighted by Crippen LogP contribution is -2.56. The lowest BCUT2D eigenvalue weighted by Gasteiger charge is -2.58. The minimum absolute atomic E-state index is 0. The van der Waals surface area contributed by atoms with Crippen molar-refractivity contribution in [1.82, 2.24) is 4.90 Å². The number of aliphatic hydroxyl groups is 1. The molecule has 144 valence electrons. The quantitative estimate of drug-likeness (QED) is 0.778. The van der Waals surface area contributed by atoms with Crippen molar-refractivity contribution in [3.05, 3.63) is 0 Å². The van der Waals surface area contributed by atoms with Gasteiger partial charge in [-0.15, -0.1) is 12.4 Å². The van der Waals surface area contributed by atoms with Gasteiger partial charge in [-0.2, -0.15) is 0 Å². The summed E-state index contributed by atoms with van der Waals surface area (Å²) in [5.74, 6) is 4.37. The van der Waals surface area contributed by atoms with Crippen LogP contribution in [0.25, 0.3) is 0 Å². The van der Waals surface area contributed by atoms with Gasteiger partial charge < -0.3 is 10.0 Å². The number of fused-ring (bicyclic) bond motifs is 2. The SMILES string of the molecule is CC1(C)[C@@H]2CC[C@]1(C)CN(CCC1C3CC4CC1CC(O)(C4)C3)C2.Cl. The van der Waals surface area contributed by atoms with Gasteiger partial charge in [-0.3, -0.25) is 0 Å². The van der Waals surface area contributed by atoms with Crippen molar-refractivity contribution < 1.29 is 5.11 Å². The van der Waals surface area contributed by atoms with Gasteiger partial charge in [0.2, 0.25) is 0 Å². The van der Waals surface area contributed by atoms with E-state index in [4.69, 9.17) is 0 Å². The predicted molar refractivity (Wildman–Crippen MR) is 105 cm³/mol. The molecule has 1 saturated heterocycles. The first-order chi connectivity index (χ1) is 11.3. The standard InChI is InChI=1S/C22H37NO.ClH/c1-20(2)18-4-6-21(20,3)14-23(13-18)7-5-19-16-8-15-9-17(19)12-22(24,10-15)11-16;/h15-19,24H,4-14H2,1-3H3;1H/t15?,16?,17?,18-,19?,21-,22?;/m1./s1. The number of likely N-dealkylation sites (tertiary alicyclic amines) is 1. The van der Waals surface area contributed by atoms with E-state index in [9.17, 15) is 5.11 Å². The van der Waals surface area contributed by atoms with E-state index in [1.165, 1.54) is 51.7 Å². The minimum Gasteiger partial charge on any atom is -0.390 e. The molecule has 5 saturated carbocycles. The lowest BCUT2D eigenvalue weighted by atomic mass is 9.49. The molecule has 2 unspecified atom stereocenters. The van der Waals surface area contributed by atoms with Gasteiger partial charge in [-0.1, -0.05) is 20.8 Å². The average Bonchev–Trinajstić information content (AvgIpc) is 2.61. The van der Waals surface area contributed by atoms with Crippen LogP contribution in [0.2, 0.25) is 0 Å². The van der Waals surface area contributed by atoms with Gasteiger partial charge in [-0.25, -0.2) is 0 Å². The highest BCUT2D eigenvalue weighted by Crippen LogP contribution is 2.60. The van der Waals surface area contributed by atoms with E-state index in [1.54, 1.807) is 0 Å². The second-order valence-corrected chi connectivity index (χ2v) is 11.4. The number of piperidine rings is 1. The van der Waals surface area contributed by atoms with Crippen molar-refractivity contribution in [3.8, 4) is 0 Å². The Labute approximate surface area is 160 Å². The molecule has 6 aliphatic rings. The van der Waals surface area contributed by atoms with Gasteiger partial charge in [0.25, 0.3) is 0 Å². The maximum Gasteiger partial charge on any atom is 0.0656 e. The first-order valence-electron chi connectivity index (χ1n) is 10.7. The van der Waals surface area contributed by atoms with Gasteiger partial charge in [0.1, 0.15) is 0 Å². The lowest BCUT2D eigenvalue weighted by molar-refractivity contribution is -0.154. The minimum atomic E-state index is -0.255. The number of hydrogen-bond donors (Lipinski definition) is 1. The third-order valence-corrected chi connectivity index (χ3v) is 9.89. The maximum absolute atomic E-state index is 10.8. The topological polar surface area (TPSA) is 23.5 Å². The van der Waals surface area contributed by atoms with Crippen molar-refractivity contribution in [2.24, 2.45) is 40.4 Å². The van der Waals surface area contributed by atoms with Crippen molar-refractivity contribution in [1.29, 1.82) is 0 Å². The van der Waals surface area contributed by atoms with E-state index in [-0.39, 0.29) is 18.0 Å². The molecule has 6 rings (SSSR count). The largest absolute Gasteiger partial charge is 0.390 e. The fourth-order valence-corrected chi connectivity index (χ4v) is 8.20. The second kappa shape index (κ2) is 5.85. The fraction of sp³-hybridized carbons (Fsp3) is 1.00. The molecule has 3 heteroatoms. The number of halogens is 1. The first-order valence-corrected chi connectivity index (χ1v) is 10.7. The zero-order valence-electron chi connectivity index (χ0n) is 16.5. The van der Waals surface area contributed by atoms with Crippen LogP contribution in [0.15, 0.2) is 0 Å². The maximum atomic E-state index is 10.8. The summed E-state index contributed by atoms with van der Waals surface area (Å²) in [7, 11) is 0. The zero-order valence-corrected chi connectivity index (χ0v) is 17.3. The van der Waals surface area contributed by atoms with Gasteiger partial charge in [0, 0.05) is 13.1 Å². The summed E-state index contributed by atoms with van der Waals surface area (Å²) in [5.41, 5.74) is 0.819. The molecule has 4 atom stereocenters. The molecule has 0 aromatic rings. The summed E-state index contributed by atoms with van der Waals surface area (Å²) in [6.45, 7) is 11.6. The van der Waals surface area contributed by atoms with E-state index >= 15 is 0 Å². The Balaban J connectivity index is 0.00000157. The molecule has 2 nitrogen and oxygen atoms in total. The van der Waals surface area contributed by atoms with Crippen molar-refractivity contribution in [2.45, 2.75) is 77.7 Å². The third kappa shape index (κ3) is 2.72. The molecule has 0 spiro atoms. The summed E-state index contributed by atoms with van der Waals surface area (Å²) in [5, 5.41) is 10.8.